The highest BCUT2D eigenvalue weighted by Gasteiger charge is 2.32. The molecule has 1 aliphatic heterocycles. The summed E-state index contributed by atoms with van der Waals surface area (Å²) in [6.45, 7) is 6.01. The quantitative estimate of drug-likeness (QED) is 0.595. The van der Waals surface area contributed by atoms with Crippen LogP contribution in [0.3, 0.4) is 0 Å². The second-order valence-corrected chi connectivity index (χ2v) is 7.80. The van der Waals surface area contributed by atoms with Gasteiger partial charge in [0.1, 0.15) is 5.37 Å². The van der Waals surface area contributed by atoms with Crippen LogP contribution < -0.4 is 0 Å². The van der Waals surface area contributed by atoms with Gasteiger partial charge in [0.25, 0.3) is 0 Å². The summed E-state index contributed by atoms with van der Waals surface area (Å²) in [6, 6.07) is 7.66. The van der Waals surface area contributed by atoms with Crippen molar-refractivity contribution in [1.29, 1.82) is 0 Å². The number of amides is 1. The summed E-state index contributed by atoms with van der Waals surface area (Å²) in [6.07, 6.45) is 1.95. The lowest BCUT2D eigenvalue weighted by Crippen LogP contribution is -2.42. The summed E-state index contributed by atoms with van der Waals surface area (Å²) < 4.78 is 5.04. The number of hydrogen-bond donors (Lipinski definition) is 0. The van der Waals surface area contributed by atoms with Crippen LogP contribution in [0, 0.1) is 0 Å². The van der Waals surface area contributed by atoms with Crippen molar-refractivity contribution in [3.63, 3.8) is 0 Å². The highest BCUT2D eigenvalue weighted by molar-refractivity contribution is 7.99. The third-order valence-electron chi connectivity index (χ3n) is 4.23. The number of ether oxygens (including phenoxy) is 1. The fourth-order valence-electron chi connectivity index (χ4n) is 2.93. The molecule has 0 bridgehead atoms. The smallest absolute Gasteiger partial charge is 0.320 e. The number of carbonyl (C=O) groups excluding carboxylic acids is 2. The standard InChI is InChI=1S/C19H27ClN2O3S/c1-3-5-10-21(14-18(24)25-4-2)13-17(23)22-11-12-26-19(22)15-8-6-7-9-16(15)20/h6-9,19H,3-5,10-14H2,1-2H3/t19-/m0/s1. The van der Waals surface area contributed by atoms with E-state index in [0.717, 1.165) is 24.2 Å². The molecule has 1 aromatic rings. The number of nitrogens with zero attached hydrogens (tertiary/aromatic N) is 2. The van der Waals surface area contributed by atoms with Crippen molar-refractivity contribution in [1.82, 2.24) is 9.80 Å². The predicted octanol–water partition coefficient (Wildman–Crippen LogP) is 3.58. The van der Waals surface area contributed by atoms with Crippen LogP contribution in [0.25, 0.3) is 0 Å². The third-order valence-corrected chi connectivity index (χ3v) is 5.81. The summed E-state index contributed by atoms with van der Waals surface area (Å²) in [5.74, 6) is 0.629. The number of thioether (sulfide) groups is 1. The summed E-state index contributed by atoms with van der Waals surface area (Å²) in [5.41, 5.74) is 0.968. The van der Waals surface area contributed by atoms with Crippen molar-refractivity contribution in [3.05, 3.63) is 34.9 Å². The van der Waals surface area contributed by atoms with Crippen molar-refractivity contribution in [2.24, 2.45) is 0 Å². The van der Waals surface area contributed by atoms with E-state index in [4.69, 9.17) is 16.3 Å². The van der Waals surface area contributed by atoms with E-state index in [0.29, 0.717) is 24.7 Å². The molecule has 0 aromatic heterocycles. The Balaban J connectivity index is 2.04. The van der Waals surface area contributed by atoms with Crippen LogP contribution in [0.15, 0.2) is 24.3 Å². The van der Waals surface area contributed by atoms with E-state index in [1.165, 1.54) is 0 Å². The summed E-state index contributed by atoms with van der Waals surface area (Å²) in [7, 11) is 0. The molecule has 1 aromatic carbocycles. The Morgan fingerprint density at radius 3 is 2.77 bits per heavy atom. The van der Waals surface area contributed by atoms with Gasteiger partial charge in [-0.3, -0.25) is 14.5 Å². The molecular weight excluding hydrogens is 372 g/mol. The number of benzene rings is 1. The van der Waals surface area contributed by atoms with E-state index in [9.17, 15) is 9.59 Å². The van der Waals surface area contributed by atoms with Crippen molar-refractivity contribution < 1.29 is 14.3 Å². The maximum Gasteiger partial charge on any atom is 0.320 e. The molecule has 1 atom stereocenters. The number of rotatable bonds is 9. The van der Waals surface area contributed by atoms with Gasteiger partial charge >= 0.3 is 5.97 Å². The van der Waals surface area contributed by atoms with E-state index in [1.54, 1.807) is 18.7 Å². The monoisotopic (exact) mass is 398 g/mol. The molecule has 1 saturated heterocycles. The average molecular weight is 399 g/mol. The minimum Gasteiger partial charge on any atom is -0.465 e. The molecule has 0 radical (unpaired) electrons. The average Bonchev–Trinajstić information content (AvgIpc) is 3.10. The summed E-state index contributed by atoms with van der Waals surface area (Å²) in [5, 5.41) is 0.617. The van der Waals surface area contributed by atoms with Gasteiger partial charge in [0.2, 0.25) is 5.91 Å². The van der Waals surface area contributed by atoms with Gasteiger partial charge in [-0.1, -0.05) is 43.1 Å². The number of hydrogen-bond acceptors (Lipinski definition) is 5. The van der Waals surface area contributed by atoms with Crippen molar-refractivity contribution in [2.75, 3.05) is 38.5 Å². The lowest BCUT2D eigenvalue weighted by molar-refractivity contribution is -0.145. The van der Waals surface area contributed by atoms with Crippen LogP contribution in [0.2, 0.25) is 5.02 Å². The van der Waals surface area contributed by atoms with E-state index >= 15 is 0 Å². The molecular formula is C19H27ClN2O3S. The molecule has 1 aliphatic rings. The Kier molecular flexibility index (Phi) is 8.75. The lowest BCUT2D eigenvalue weighted by Gasteiger charge is -2.28. The van der Waals surface area contributed by atoms with Gasteiger partial charge < -0.3 is 9.64 Å². The van der Waals surface area contributed by atoms with Gasteiger partial charge in [-0.15, -0.1) is 11.8 Å². The number of esters is 1. The third kappa shape index (κ3) is 5.89. The molecule has 26 heavy (non-hydrogen) atoms. The maximum atomic E-state index is 12.9. The second kappa shape index (κ2) is 10.8. The highest BCUT2D eigenvalue weighted by Crippen LogP contribution is 2.40. The molecule has 1 amide bonds. The zero-order chi connectivity index (χ0) is 18.9. The van der Waals surface area contributed by atoms with E-state index in [-0.39, 0.29) is 30.3 Å². The first-order valence-electron chi connectivity index (χ1n) is 9.10. The first-order chi connectivity index (χ1) is 12.6. The Morgan fingerprint density at radius 1 is 1.31 bits per heavy atom. The van der Waals surface area contributed by atoms with Crippen molar-refractivity contribution >= 4 is 35.2 Å². The molecule has 1 fully saturated rings. The van der Waals surface area contributed by atoms with Gasteiger partial charge in [0, 0.05) is 22.9 Å². The Morgan fingerprint density at radius 2 is 2.08 bits per heavy atom. The summed E-state index contributed by atoms with van der Waals surface area (Å²) in [4.78, 5) is 28.5. The first kappa shape index (κ1) is 21.1. The van der Waals surface area contributed by atoms with Crippen LogP contribution >= 0.6 is 23.4 Å². The molecule has 2 rings (SSSR count). The summed E-state index contributed by atoms with van der Waals surface area (Å²) >= 11 is 8.05. The fraction of sp³-hybridized carbons (Fsp3) is 0.579. The molecule has 7 heteroatoms. The largest absolute Gasteiger partial charge is 0.465 e. The first-order valence-corrected chi connectivity index (χ1v) is 10.5. The van der Waals surface area contributed by atoms with Gasteiger partial charge in [-0.2, -0.15) is 0 Å². The van der Waals surface area contributed by atoms with Gasteiger partial charge in [-0.05, 0) is 26.0 Å². The number of carbonyl (C=O) groups is 2. The lowest BCUT2D eigenvalue weighted by atomic mass is 10.2. The Bertz CT molecular complexity index is 614. The molecule has 0 N–H and O–H groups in total. The van der Waals surface area contributed by atoms with Gasteiger partial charge in [0.05, 0.1) is 19.7 Å². The SMILES string of the molecule is CCCCN(CC(=O)OCC)CC(=O)N1CCS[C@H]1c1ccccc1Cl. The maximum absolute atomic E-state index is 12.9. The Hall–Kier alpha value is -1.24. The van der Waals surface area contributed by atoms with Crippen LogP contribution in [-0.2, 0) is 14.3 Å². The molecule has 1 heterocycles. The minimum absolute atomic E-state index is 0.0281. The van der Waals surface area contributed by atoms with Crippen molar-refractivity contribution in [3.8, 4) is 0 Å². The molecule has 0 spiro atoms. The molecule has 0 saturated carbocycles. The fourth-order valence-corrected chi connectivity index (χ4v) is 4.54. The topological polar surface area (TPSA) is 49.9 Å². The molecule has 0 aliphatic carbocycles. The Labute approximate surface area is 165 Å². The zero-order valence-corrected chi connectivity index (χ0v) is 17.0. The molecule has 144 valence electrons. The highest BCUT2D eigenvalue weighted by atomic mass is 35.5. The van der Waals surface area contributed by atoms with Crippen LogP contribution in [-0.4, -0.2) is 60.2 Å². The van der Waals surface area contributed by atoms with E-state index in [2.05, 4.69) is 6.92 Å². The predicted molar refractivity (Wildman–Crippen MR) is 106 cm³/mol. The van der Waals surface area contributed by atoms with Crippen LogP contribution in [0.5, 0.6) is 0 Å². The van der Waals surface area contributed by atoms with Crippen LogP contribution in [0.1, 0.15) is 37.6 Å². The zero-order valence-electron chi connectivity index (χ0n) is 15.4. The molecule has 5 nitrogen and oxygen atoms in total. The van der Waals surface area contributed by atoms with Gasteiger partial charge in [-0.25, -0.2) is 0 Å². The van der Waals surface area contributed by atoms with E-state index < -0.39 is 0 Å². The van der Waals surface area contributed by atoms with Gasteiger partial charge in [0.15, 0.2) is 0 Å². The normalized spacial score (nSPS) is 16.9. The van der Waals surface area contributed by atoms with Crippen molar-refractivity contribution in [2.45, 2.75) is 32.1 Å². The molecule has 0 unspecified atom stereocenters. The van der Waals surface area contributed by atoms with E-state index in [1.807, 2.05) is 34.1 Å². The second-order valence-electron chi connectivity index (χ2n) is 6.20. The minimum atomic E-state index is -0.283. The van der Waals surface area contributed by atoms with Crippen LogP contribution in [0.4, 0.5) is 0 Å². The number of unbranched alkanes of at least 4 members (excludes halogenated alkanes) is 1. The number of halogens is 1.